The number of carboxylic acids is 1. The highest BCUT2D eigenvalue weighted by molar-refractivity contribution is 5.78. The van der Waals surface area contributed by atoms with Crippen LogP contribution >= 0.6 is 0 Å². The lowest BCUT2D eigenvalue weighted by atomic mass is 9.93. The summed E-state index contributed by atoms with van der Waals surface area (Å²) in [5.74, 6) is -2.15. The van der Waals surface area contributed by atoms with Crippen molar-refractivity contribution in [3.63, 3.8) is 0 Å². The van der Waals surface area contributed by atoms with E-state index in [0.717, 1.165) is 0 Å². The van der Waals surface area contributed by atoms with E-state index in [0.29, 0.717) is 6.61 Å². The second-order valence-electron chi connectivity index (χ2n) is 7.89. The number of rotatable bonds is 9. The number of hydrogen-bond donors (Lipinski definition) is 5. The third-order valence-electron chi connectivity index (χ3n) is 4.47. The Hall–Kier alpha value is -2.48. The van der Waals surface area contributed by atoms with Gasteiger partial charge in [0.15, 0.2) is 0 Å². The van der Waals surface area contributed by atoms with Crippen LogP contribution in [0.25, 0.3) is 0 Å². The van der Waals surface area contributed by atoms with E-state index in [1.807, 2.05) is 0 Å². The summed E-state index contributed by atoms with van der Waals surface area (Å²) in [6.07, 6.45) is -0.734. The van der Waals surface area contributed by atoms with Gasteiger partial charge in [-0.3, -0.25) is 14.4 Å². The largest absolute Gasteiger partial charge is 0.508 e. The maximum atomic E-state index is 11.3. The summed E-state index contributed by atoms with van der Waals surface area (Å²) in [7, 11) is 0. The van der Waals surface area contributed by atoms with Crippen LogP contribution in [0, 0.1) is 16.2 Å². The first-order valence-electron chi connectivity index (χ1n) is 10.1. The van der Waals surface area contributed by atoms with Gasteiger partial charge in [-0.2, -0.15) is 0 Å². The number of carbonyl (C=O) groups is 4. The molecule has 0 radical (unpaired) electrons. The van der Waals surface area contributed by atoms with E-state index in [4.69, 9.17) is 30.3 Å². The lowest BCUT2D eigenvalue weighted by molar-refractivity contribution is -0.165. The number of ether oxygens (including phenoxy) is 4. The fourth-order valence-electron chi connectivity index (χ4n) is 1.61. The van der Waals surface area contributed by atoms with Crippen LogP contribution in [0.1, 0.15) is 34.6 Å². The van der Waals surface area contributed by atoms with Crippen molar-refractivity contribution in [2.45, 2.75) is 34.6 Å². The number of carbonyl (C=O) groups excluding carboxylic acids is 3. The van der Waals surface area contributed by atoms with Crippen LogP contribution in [-0.4, -0.2) is 102 Å². The zero-order chi connectivity index (χ0) is 26.3. The van der Waals surface area contributed by atoms with Crippen LogP contribution in [0.2, 0.25) is 0 Å². The SMILES string of the molecule is CC(CO)(CO)C(=O)O.CCOC(=O)C(C)(CO)CO.CCOC(=O)C1(C)COC(=O)OC1. The Balaban J connectivity index is 0. The predicted octanol–water partition coefficient (Wildman–Crippen LogP) is -0.675. The fraction of sp³-hybridized carbons (Fsp3) is 0.800. The molecule has 0 aromatic heterocycles. The van der Waals surface area contributed by atoms with Gasteiger partial charge in [0, 0.05) is 0 Å². The van der Waals surface area contributed by atoms with Crippen molar-refractivity contribution in [2.75, 3.05) is 52.9 Å². The van der Waals surface area contributed by atoms with E-state index in [9.17, 15) is 19.2 Å². The monoisotopic (exact) mass is 484 g/mol. The third-order valence-corrected chi connectivity index (χ3v) is 4.47. The van der Waals surface area contributed by atoms with Crippen molar-refractivity contribution in [3.8, 4) is 0 Å². The maximum absolute atomic E-state index is 11.3. The quantitative estimate of drug-likeness (QED) is 0.203. The van der Waals surface area contributed by atoms with Crippen LogP contribution in [0.15, 0.2) is 0 Å². The summed E-state index contributed by atoms with van der Waals surface area (Å²) >= 11 is 0. The highest BCUT2D eigenvalue weighted by atomic mass is 16.7. The van der Waals surface area contributed by atoms with Crippen LogP contribution in [0.4, 0.5) is 4.79 Å². The molecule has 5 N–H and O–H groups in total. The molecule has 1 aliphatic heterocycles. The van der Waals surface area contributed by atoms with E-state index < -0.39 is 66.7 Å². The average molecular weight is 484 g/mol. The molecule has 0 aromatic carbocycles. The lowest BCUT2D eigenvalue weighted by Crippen LogP contribution is -2.44. The molecule has 0 saturated carbocycles. The van der Waals surface area contributed by atoms with Gasteiger partial charge in [-0.1, -0.05) is 0 Å². The molecular formula is C20H36O13. The smallest absolute Gasteiger partial charge is 0.481 e. The molecule has 0 spiro atoms. The molecule has 1 heterocycles. The van der Waals surface area contributed by atoms with Crippen molar-refractivity contribution in [1.82, 2.24) is 0 Å². The molecule has 0 unspecified atom stereocenters. The molecular weight excluding hydrogens is 448 g/mol. The molecule has 194 valence electrons. The second kappa shape index (κ2) is 15.4. The highest BCUT2D eigenvalue weighted by Crippen LogP contribution is 2.23. The zero-order valence-electron chi connectivity index (χ0n) is 19.7. The summed E-state index contributed by atoms with van der Waals surface area (Å²) < 4.78 is 18.6. The zero-order valence-corrected chi connectivity index (χ0v) is 19.7. The van der Waals surface area contributed by atoms with Crippen molar-refractivity contribution in [3.05, 3.63) is 0 Å². The van der Waals surface area contributed by atoms with E-state index >= 15 is 0 Å². The van der Waals surface area contributed by atoms with Gasteiger partial charge in [0.2, 0.25) is 0 Å². The maximum Gasteiger partial charge on any atom is 0.508 e. The van der Waals surface area contributed by atoms with Gasteiger partial charge in [-0.15, -0.1) is 0 Å². The van der Waals surface area contributed by atoms with Crippen molar-refractivity contribution >= 4 is 24.1 Å². The molecule has 1 fully saturated rings. The number of cyclic esters (lactones) is 2. The molecule has 13 nitrogen and oxygen atoms in total. The molecule has 1 saturated heterocycles. The molecule has 1 rings (SSSR count). The van der Waals surface area contributed by atoms with Gasteiger partial charge in [-0.05, 0) is 34.6 Å². The topological polar surface area (TPSA) is 206 Å². The van der Waals surface area contributed by atoms with Gasteiger partial charge in [-0.25, -0.2) is 4.79 Å². The minimum Gasteiger partial charge on any atom is -0.481 e. The average Bonchev–Trinajstić information content (AvgIpc) is 2.81. The summed E-state index contributed by atoms with van der Waals surface area (Å²) in [5, 5.41) is 42.6. The summed E-state index contributed by atoms with van der Waals surface area (Å²) in [6, 6.07) is 0. The highest BCUT2D eigenvalue weighted by Gasteiger charge is 2.41. The Labute approximate surface area is 192 Å². The Kier molecular flexibility index (Phi) is 15.2. The van der Waals surface area contributed by atoms with E-state index in [1.54, 1.807) is 20.8 Å². The van der Waals surface area contributed by atoms with E-state index in [2.05, 4.69) is 14.2 Å². The number of hydrogen-bond acceptors (Lipinski definition) is 12. The van der Waals surface area contributed by atoms with Crippen LogP contribution in [0.3, 0.4) is 0 Å². The molecule has 0 atom stereocenters. The summed E-state index contributed by atoms with van der Waals surface area (Å²) in [6.45, 7) is 6.47. The van der Waals surface area contributed by atoms with E-state index in [-0.39, 0.29) is 19.8 Å². The van der Waals surface area contributed by atoms with Crippen molar-refractivity contribution in [2.24, 2.45) is 16.2 Å². The molecule has 13 heteroatoms. The normalized spacial score (nSPS) is 14.8. The molecule has 0 aromatic rings. The van der Waals surface area contributed by atoms with Crippen LogP contribution < -0.4 is 0 Å². The summed E-state index contributed by atoms with van der Waals surface area (Å²) in [4.78, 5) is 43.0. The Morgan fingerprint density at radius 1 is 0.879 bits per heavy atom. The number of carboxylic acid groups (broad SMARTS) is 1. The predicted molar refractivity (Wildman–Crippen MR) is 111 cm³/mol. The summed E-state index contributed by atoms with van der Waals surface area (Å²) in [5.41, 5.74) is -3.40. The molecule has 33 heavy (non-hydrogen) atoms. The first-order chi connectivity index (χ1) is 15.2. The minimum absolute atomic E-state index is 0.0185. The first kappa shape index (κ1) is 32.7. The van der Waals surface area contributed by atoms with Crippen LogP contribution in [0.5, 0.6) is 0 Å². The third kappa shape index (κ3) is 10.8. The molecule has 1 aliphatic rings. The lowest BCUT2D eigenvalue weighted by Gasteiger charge is -2.29. The van der Waals surface area contributed by atoms with Gasteiger partial charge < -0.3 is 44.5 Å². The van der Waals surface area contributed by atoms with Crippen molar-refractivity contribution < 1.29 is 63.7 Å². The minimum atomic E-state index is -1.39. The Bertz CT molecular complexity index is 613. The number of aliphatic carboxylic acids is 1. The Morgan fingerprint density at radius 3 is 1.55 bits per heavy atom. The molecule has 0 bridgehead atoms. The number of esters is 2. The van der Waals surface area contributed by atoms with Gasteiger partial charge >= 0.3 is 24.1 Å². The first-order valence-corrected chi connectivity index (χ1v) is 10.1. The molecule has 0 amide bonds. The molecule has 0 aliphatic carbocycles. The van der Waals surface area contributed by atoms with Gasteiger partial charge in [0.1, 0.15) is 29.5 Å². The fourth-order valence-corrected chi connectivity index (χ4v) is 1.61. The van der Waals surface area contributed by atoms with Gasteiger partial charge in [0.25, 0.3) is 0 Å². The standard InChI is InChI=1S/C8H12O5.C7H14O4.C5H10O4/c1-3-11-6(9)8(2)4-12-7(10)13-5-8;1-3-11-6(10)7(2,4-8)5-9;1-5(2-6,3-7)4(8)9/h3-5H2,1-2H3;8-9H,3-5H2,1-2H3;6-7H,2-3H2,1H3,(H,8,9). The van der Waals surface area contributed by atoms with Crippen molar-refractivity contribution in [1.29, 1.82) is 0 Å². The van der Waals surface area contributed by atoms with Crippen LogP contribution in [-0.2, 0) is 33.3 Å². The van der Waals surface area contributed by atoms with E-state index in [1.165, 1.54) is 13.8 Å². The number of aliphatic hydroxyl groups excluding tert-OH is 4. The van der Waals surface area contributed by atoms with Gasteiger partial charge in [0.05, 0.1) is 39.6 Å². The number of aliphatic hydroxyl groups is 4. The second-order valence-corrected chi connectivity index (χ2v) is 7.89. The Morgan fingerprint density at radius 2 is 1.27 bits per heavy atom.